The van der Waals surface area contributed by atoms with Crippen LogP contribution in [0.3, 0.4) is 0 Å². The Labute approximate surface area is 247 Å². The third-order valence-corrected chi connectivity index (χ3v) is 7.11. The number of unbranched alkanes of at least 4 members (excludes halogenated alkanes) is 11. The SMILES string of the molecule is CCCCCCCCCCCC[NH+]=C(N)N.O=C(O)CCCCCOC(=O)n1c(-c2cscn2)nc2ccccc21. The molecule has 1 aromatic carbocycles. The molecule has 0 unspecified atom stereocenters. The molecular formula is C30H47N6O4S+. The van der Waals surface area contributed by atoms with Gasteiger partial charge in [-0.15, -0.1) is 11.3 Å². The molecule has 226 valence electrons. The Morgan fingerprint density at radius 1 is 0.951 bits per heavy atom. The fourth-order valence-corrected chi connectivity index (χ4v) is 4.86. The lowest BCUT2D eigenvalue weighted by atomic mass is 10.1. The number of guanidine groups is 1. The Morgan fingerprint density at radius 3 is 2.24 bits per heavy atom. The topological polar surface area (TPSA) is 160 Å². The fraction of sp³-hybridized carbons (Fsp3) is 0.567. The molecule has 11 heteroatoms. The predicted molar refractivity (Wildman–Crippen MR) is 165 cm³/mol. The minimum atomic E-state index is -0.810. The largest absolute Gasteiger partial charge is 0.481 e. The highest BCUT2D eigenvalue weighted by atomic mass is 32.1. The van der Waals surface area contributed by atoms with Crippen LogP contribution in [-0.4, -0.2) is 50.8 Å². The predicted octanol–water partition coefficient (Wildman–Crippen LogP) is 5.05. The summed E-state index contributed by atoms with van der Waals surface area (Å²) < 4.78 is 6.78. The van der Waals surface area contributed by atoms with E-state index in [0.717, 1.165) is 6.54 Å². The molecule has 0 atom stereocenters. The number of para-hydroxylation sites is 2. The molecule has 41 heavy (non-hydrogen) atoms. The summed E-state index contributed by atoms with van der Waals surface area (Å²) in [5, 5.41) is 10.4. The van der Waals surface area contributed by atoms with E-state index in [1.165, 1.54) is 80.1 Å². The Balaban J connectivity index is 0.000000320. The molecule has 0 radical (unpaired) electrons. The third kappa shape index (κ3) is 13.6. The smallest absolute Gasteiger partial charge is 0.420 e. The molecule has 0 saturated heterocycles. The highest BCUT2D eigenvalue weighted by Crippen LogP contribution is 2.25. The van der Waals surface area contributed by atoms with Crippen molar-refractivity contribution in [3.8, 4) is 11.5 Å². The van der Waals surface area contributed by atoms with Crippen LogP contribution in [0.15, 0.2) is 35.2 Å². The quantitative estimate of drug-likeness (QED) is 0.0913. The second-order valence-electron chi connectivity index (χ2n) is 10.0. The minimum Gasteiger partial charge on any atom is -0.481 e. The lowest BCUT2D eigenvalue weighted by molar-refractivity contribution is -0.459. The molecule has 3 rings (SSSR count). The first-order valence-electron chi connectivity index (χ1n) is 14.8. The summed E-state index contributed by atoms with van der Waals surface area (Å²) in [6, 6.07) is 7.34. The summed E-state index contributed by atoms with van der Waals surface area (Å²) in [5.74, 6) is -0.0102. The summed E-state index contributed by atoms with van der Waals surface area (Å²) >= 11 is 1.43. The van der Waals surface area contributed by atoms with Gasteiger partial charge in [-0.25, -0.2) is 19.3 Å². The van der Waals surface area contributed by atoms with Gasteiger partial charge in [0.25, 0.3) is 0 Å². The first kappa shape index (κ1) is 33.7. The van der Waals surface area contributed by atoms with Crippen LogP contribution >= 0.6 is 11.3 Å². The average molecular weight is 588 g/mol. The maximum atomic E-state index is 12.6. The number of nitrogens with two attached hydrogens (primary N) is 2. The van der Waals surface area contributed by atoms with Gasteiger partial charge < -0.3 is 9.84 Å². The van der Waals surface area contributed by atoms with Crippen molar-refractivity contribution < 1.29 is 24.4 Å². The van der Waals surface area contributed by atoms with Crippen molar-refractivity contribution >= 4 is 40.4 Å². The Kier molecular flexibility index (Phi) is 16.8. The van der Waals surface area contributed by atoms with E-state index < -0.39 is 12.1 Å². The summed E-state index contributed by atoms with van der Waals surface area (Å²) in [6.07, 6.45) is 15.1. The first-order valence-corrected chi connectivity index (χ1v) is 15.7. The van der Waals surface area contributed by atoms with Crippen LogP contribution in [0.1, 0.15) is 96.8 Å². The van der Waals surface area contributed by atoms with Crippen LogP contribution in [0, 0.1) is 0 Å². The molecule has 6 N–H and O–H groups in total. The molecule has 3 aromatic rings. The number of thiazole rings is 1. The van der Waals surface area contributed by atoms with Gasteiger partial charge >= 0.3 is 18.0 Å². The number of carbonyl (C=O) groups is 2. The van der Waals surface area contributed by atoms with Gasteiger partial charge in [0.05, 0.1) is 29.7 Å². The number of hydrogen-bond donors (Lipinski definition) is 4. The molecule has 0 bridgehead atoms. The molecule has 2 aromatic heterocycles. The molecule has 0 spiro atoms. The molecule has 0 amide bonds. The highest BCUT2D eigenvalue weighted by Gasteiger charge is 2.20. The van der Waals surface area contributed by atoms with E-state index in [9.17, 15) is 9.59 Å². The van der Waals surface area contributed by atoms with Gasteiger partial charge in [0.2, 0.25) is 0 Å². The summed E-state index contributed by atoms with van der Waals surface area (Å²) in [5.41, 5.74) is 14.3. The van der Waals surface area contributed by atoms with E-state index in [4.69, 9.17) is 21.3 Å². The van der Waals surface area contributed by atoms with E-state index in [0.29, 0.717) is 47.8 Å². The number of carboxylic acid groups (broad SMARTS) is 1. The van der Waals surface area contributed by atoms with Crippen LogP contribution in [-0.2, 0) is 9.53 Å². The van der Waals surface area contributed by atoms with E-state index in [1.54, 1.807) is 5.51 Å². The molecule has 0 fully saturated rings. The monoisotopic (exact) mass is 587 g/mol. The standard InChI is InChI=1S/C17H17N3O4S.C13H29N3/c21-15(22)8-2-1-5-9-24-17(23)20-14-7-4-3-6-12(14)19-16(20)13-10-25-11-18-13;1-2-3-4-5-6-7-8-9-10-11-12-16-13(14)15/h3-4,6-7,10-11H,1-2,5,8-9H2,(H,21,22);2-12H2,1H3,(H4,14,15,16)/p+1. The lowest BCUT2D eigenvalue weighted by Gasteiger charge is -2.08. The van der Waals surface area contributed by atoms with Crippen molar-refractivity contribution in [3.63, 3.8) is 0 Å². The third-order valence-electron chi connectivity index (χ3n) is 6.52. The van der Waals surface area contributed by atoms with Gasteiger partial charge in [0.15, 0.2) is 5.82 Å². The van der Waals surface area contributed by atoms with Gasteiger partial charge in [0.1, 0.15) is 5.69 Å². The van der Waals surface area contributed by atoms with Crippen LogP contribution < -0.4 is 16.5 Å². The Hall–Kier alpha value is -3.47. The fourth-order valence-electron chi connectivity index (χ4n) is 4.33. The number of aromatic nitrogens is 3. The average Bonchev–Trinajstić information content (AvgIpc) is 3.62. The number of hydrogen-bond acceptors (Lipinski definition) is 6. The maximum Gasteiger partial charge on any atom is 0.420 e. The lowest BCUT2D eigenvalue weighted by Crippen LogP contribution is -2.78. The minimum absolute atomic E-state index is 0.133. The number of rotatable bonds is 18. The van der Waals surface area contributed by atoms with Crippen LogP contribution in [0.2, 0.25) is 0 Å². The Bertz CT molecular complexity index is 1180. The number of benzene rings is 1. The van der Waals surface area contributed by atoms with Crippen molar-refractivity contribution in [1.82, 2.24) is 14.5 Å². The first-order chi connectivity index (χ1) is 19.9. The van der Waals surface area contributed by atoms with Gasteiger partial charge in [-0.3, -0.25) is 21.3 Å². The van der Waals surface area contributed by atoms with E-state index >= 15 is 0 Å². The van der Waals surface area contributed by atoms with Crippen molar-refractivity contribution in [2.75, 3.05) is 13.2 Å². The molecular weight excluding hydrogens is 540 g/mol. The number of aliphatic carboxylic acids is 1. The van der Waals surface area contributed by atoms with Crippen molar-refractivity contribution in [2.45, 2.75) is 96.8 Å². The number of carboxylic acids is 1. The summed E-state index contributed by atoms with van der Waals surface area (Å²) in [7, 11) is 0. The van der Waals surface area contributed by atoms with Crippen molar-refractivity contribution in [3.05, 3.63) is 35.2 Å². The Morgan fingerprint density at radius 2 is 1.61 bits per heavy atom. The zero-order valence-electron chi connectivity index (χ0n) is 24.4. The number of nitrogens with zero attached hydrogens (tertiary/aromatic N) is 3. The number of carbonyl (C=O) groups excluding carboxylic acids is 1. The molecule has 0 aliphatic rings. The van der Waals surface area contributed by atoms with Crippen LogP contribution in [0.4, 0.5) is 4.79 Å². The van der Waals surface area contributed by atoms with Crippen LogP contribution in [0.25, 0.3) is 22.6 Å². The van der Waals surface area contributed by atoms with E-state index in [2.05, 4.69) is 21.9 Å². The van der Waals surface area contributed by atoms with Gasteiger partial charge in [-0.2, -0.15) is 0 Å². The molecule has 0 aliphatic carbocycles. The van der Waals surface area contributed by atoms with E-state index in [-0.39, 0.29) is 13.0 Å². The highest BCUT2D eigenvalue weighted by molar-refractivity contribution is 7.07. The second kappa shape index (κ2) is 20.4. The van der Waals surface area contributed by atoms with Gasteiger partial charge in [-0.05, 0) is 37.8 Å². The zero-order valence-corrected chi connectivity index (χ0v) is 25.2. The number of nitrogens with one attached hydrogen (secondary N) is 1. The number of imidazole rings is 1. The molecule has 2 heterocycles. The van der Waals surface area contributed by atoms with Crippen LogP contribution in [0.5, 0.6) is 0 Å². The van der Waals surface area contributed by atoms with Gasteiger partial charge in [-0.1, -0.05) is 76.8 Å². The summed E-state index contributed by atoms with van der Waals surface area (Å²) in [4.78, 5) is 34.7. The molecule has 0 saturated carbocycles. The maximum absolute atomic E-state index is 12.6. The van der Waals surface area contributed by atoms with Crippen molar-refractivity contribution in [1.29, 1.82) is 0 Å². The number of ether oxygens (including phenoxy) is 1. The molecule has 0 aliphatic heterocycles. The van der Waals surface area contributed by atoms with Crippen molar-refractivity contribution in [2.24, 2.45) is 11.5 Å². The molecule has 10 nitrogen and oxygen atoms in total. The van der Waals surface area contributed by atoms with Gasteiger partial charge in [0, 0.05) is 11.8 Å². The second-order valence-corrected chi connectivity index (χ2v) is 10.7. The van der Waals surface area contributed by atoms with E-state index in [1.807, 2.05) is 29.6 Å². The number of fused-ring (bicyclic) bond motifs is 1. The normalized spacial score (nSPS) is 10.7. The zero-order chi connectivity index (χ0) is 29.7. The summed E-state index contributed by atoms with van der Waals surface area (Å²) in [6.45, 7) is 3.42.